The monoisotopic (exact) mass is 314 g/mol. The Balaban J connectivity index is 1.92. The fourth-order valence-corrected chi connectivity index (χ4v) is 2.71. The predicted octanol–water partition coefficient (Wildman–Crippen LogP) is 3.37. The molecule has 1 atom stereocenters. The summed E-state index contributed by atoms with van der Waals surface area (Å²) in [5.74, 6) is -0.409. The molecule has 0 aromatic heterocycles. The van der Waals surface area contributed by atoms with Crippen molar-refractivity contribution in [2.45, 2.75) is 38.9 Å². The lowest BCUT2D eigenvalue weighted by atomic mass is 10.1. The van der Waals surface area contributed by atoms with Crippen LogP contribution in [0.25, 0.3) is 0 Å². The van der Waals surface area contributed by atoms with Gasteiger partial charge < -0.3 is 9.80 Å². The molecule has 1 saturated heterocycles. The van der Waals surface area contributed by atoms with Gasteiger partial charge in [0.1, 0.15) is 0 Å². The summed E-state index contributed by atoms with van der Waals surface area (Å²) in [5, 5.41) is 0. The van der Waals surface area contributed by atoms with Crippen molar-refractivity contribution in [1.82, 2.24) is 4.90 Å². The maximum absolute atomic E-state index is 12.2. The summed E-state index contributed by atoms with van der Waals surface area (Å²) in [6, 6.07) is 8.03. The molecule has 3 nitrogen and oxygen atoms in total. The van der Waals surface area contributed by atoms with Crippen molar-refractivity contribution in [2.24, 2.45) is 0 Å². The molecular weight excluding hydrogens is 293 g/mol. The van der Waals surface area contributed by atoms with Gasteiger partial charge in [-0.1, -0.05) is 17.7 Å². The van der Waals surface area contributed by atoms with E-state index in [-0.39, 0.29) is 6.04 Å². The Bertz CT molecular complexity index is 513. The number of benzene rings is 1. The van der Waals surface area contributed by atoms with Crippen LogP contribution in [0.4, 0.5) is 18.9 Å². The third kappa shape index (κ3) is 4.39. The lowest BCUT2D eigenvalue weighted by Crippen LogP contribution is -2.54. The number of carbonyl (C=O) groups excluding carboxylic acids is 1. The van der Waals surface area contributed by atoms with Gasteiger partial charge in [0.2, 0.25) is 5.91 Å². The minimum absolute atomic E-state index is 0.0872. The van der Waals surface area contributed by atoms with Crippen molar-refractivity contribution in [3.8, 4) is 0 Å². The Labute approximate surface area is 128 Å². The minimum atomic E-state index is -4.28. The highest BCUT2D eigenvalue weighted by Gasteiger charge is 2.32. The third-order valence-corrected chi connectivity index (χ3v) is 3.97. The van der Waals surface area contributed by atoms with Gasteiger partial charge in [0.15, 0.2) is 0 Å². The zero-order valence-corrected chi connectivity index (χ0v) is 12.9. The van der Waals surface area contributed by atoms with E-state index in [1.54, 1.807) is 4.90 Å². The molecule has 6 heteroatoms. The molecule has 22 heavy (non-hydrogen) atoms. The normalized spacial score (nSPS) is 19.4. The van der Waals surface area contributed by atoms with E-state index in [9.17, 15) is 18.0 Å². The number of hydrogen-bond donors (Lipinski definition) is 0. The largest absolute Gasteiger partial charge is 0.389 e. The lowest BCUT2D eigenvalue weighted by Gasteiger charge is -2.41. The molecular formula is C16H21F3N2O. The molecule has 0 unspecified atom stereocenters. The summed E-state index contributed by atoms with van der Waals surface area (Å²) in [4.78, 5) is 15.7. The molecule has 2 rings (SSSR count). The molecule has 1 aliphatic rings. The molecule has 0 N–H and O–H groups in total. The van der Waals surface area contributed by atoms with Crippen molar-refractivity contribution >= 4 is 11.6 Å². The highest BCUT2D eigenvalue weighted by Crippen LogP contribution is 2.24. The quantitative estimate of drug-likeness (QED) is 0.854. The fourth-order valence-electron chi connectivity index (χ4n) is 2.71. The van der Waals surface area contributed by atoms with Crippen molar-refractivity contribution in [1.29, 1.82) is 0 Å². The first kappa shape index (κ1) is 16.6. The summed E-state index contributed by atoms with van der Waals surface area (Å²) in [6.07, 6.45) is -5.78. The van der Waals surface area contributed by atoms with E-state index in [0.717, 1.165) is 5.69 Å². The van der Waals surface area contributed by atoms with Crippen LogP contribution in [-0.2, 0) is 4.79 Å². The molecule has 1 aromatic rings. The van der Waals surface area contributed by atoms with E-state index in [0.29, 0.717) is 19.6 Å². The van der Waals surface area contributed by atoms with Gasteiger partial charge >= 0.3 is 6.18 Å². The number of alkyl halides is 3. The van der Waals surface area contributed by atoms with Crippen molar-refractivity contribution < 1.29 is 18.0 Å². The first-order valence-electron chi connectivity index (χ1n) is 7.44. The smallest absolute Gasteiger partial charge is 0.368 e. The number of hydrogen-bond acceptors (Lipinski definition) is 2. The maximum atomic E-state index is 12.2. The summed E-state index contributed by atoms with van der Waals surface area (Å²) in [5.41, 5.74) is 2.26. The van der Waals surface area contributed by atoms with Crippen molar-refractivity contribution in [2.75, 3.05) is 24.5 Å². The van der Waals surface area contributed by atoms with Gasteiger partial charge in [-0.15, -0.1) is 0 Å². The van der Waals surface area contributed by atoms with E-state index >= 15 is 0 Å². The van der Waals surface area contributed by atoms with Gasteiger partial charge in [0.25, 0.3) is 0 Å². The van der Waals surface area contributed by atoms with Gasteiger partial charge in [-0.2, -0.15) is 13.2 Å². The first-order chi connectivity index (χ1) is 10.3. The Morgan fingerprint density at radius 2 is 1.86 bits per heavy atom. The molecule has 1 fully saturated rings. The van der Waals surface area contributed by atoms with Crippen LogP contribution >= 0.6 is 0 Å². The highest BCUT2D eigenvalue weighted by molar-refractivity contribution is 5.77. The zero-order chi connectivity index (χ0) is 16.3. The van der Waals surface area contributed by atoms with Crippen LogP contribution in [0.5, 0.6) is 0 Å². The molecule has 122 valence electrons. The van der Waals surface area contributed by atoms with Gasteiger partial charge in [0, 0.05) is 37.8 Å². The van der Waals surface area contributed by atoms with Crippen LogP contribution in [0.15, 0.2) is 24.3 Å². The molecule has 0 aliphatic carbocycles. The second-order valence-electron chi connectivity index (χ2n) is 5.83. The van der Waals surface area contributed by atoms with E-state index < -0.39 is 24.9 Å². The molecule has 1 amide bonds. The Morgan fingerprint density at radius 1 is 1.23 bits per heavy atom. The average Bonchev–Trinajstić information content (AvgIpc) is 2.44. The topological polar surface area (TPSA) is 23.6 Å². The number of nitrogens with zero attached hydrogens (tertiary/aromatic N) is 2. The van der Waals surface area contributed by atoms with Gasteiger partial charge in [0.05, 0.1) is 6.42 Å². The molecule has 1 heterocycles. The minimum Gasteiger partial charge on any atom is -0.368 e. The molecule has 1 aromatic carbocycles. The van der Waals surface area contributed by atoms with Gasteiger partial charge in [-0.25, -0.2) is 0 Å². The van der Waals surface area contributed by atoms with Crippen LogP contribution in [0.3, 0.4) is 0 Å². The van der Waals surface area contributed by atoms with Crippen LogP contribution in [-0.4, -0.2) is 42.7 Å². The SMILES string of the molecule is Cc1ccc(N2CCN(C(=O)CCC(F)(F)F)[C@H](C)C2)cc1. The molecule has 0 bridgehead atoms. The van der Waals surface area contributed by atoms with E-state index in [1.165, 1.54) is 5.56 Å². The zero-order valence-electron chi connectivity index (χ0n) is 12.9. The number of piperazine rings is 1. The number of amides is 1. The van der Waals surface area contributed by atoms with Crippen LogP contribution in [0, 0.1) is 6.92 Å². The van der Waals surface area contributed by atoms with Crippen molar-refractivity contribution in [3.63, 3.8) is 0 Å². The van der Waals surface area contributed by atoms with E-state index in [2.05, 4.69) is 4.90 Å². The van der Waals surface area contributed by atoms with Gasteiger partial charge in [-0.3, -0.25) is 4.79 Å². The fraction of sp³-hybridized carbons (Fsp3) is 0.562. The molecule has 1 aliphatic heterocycles. The summed E-state index contributed by atoms with van der Waals surface area (Å²) in [6.45, 7) is 5.65. The van der Waals surface area contributed by atoms with Crippen LogP contribution < -0.4 is 4.90 Å². The maximum Gasteiger partial charge on any atom is 0.389 e. The van der Waals surface area contributed by atoms with Crippen molar-refractivity contribution in [3.05, 3.63) is 29.8 Å². The van der Waals surface area contributed by atoms with Crippen LogP contribution in [0.2, 0.25) is 0 Å². The lowest BCUT2D eigenvalue weighted by molar-refractivity contribution is -0.150. The Hall–Kier alpha value is -1.72. The predicted molar refractivity (Wildman–Crippen MR) is 79.9 cm³/mol. The summed E-state index contributed by atoms with van der Waals surface area (Å²) >= 11 is 0. The Kier molecular flexibility index (Phi) is 4.98. The number of halogens is 3. The van der Waals surface area contributed by atoms with E-state index in [1.807, 2.05) is 38.1 Å². The summed E-state index contributed by atoms with van der Waals surface area (Å²) < 4.78 is 36.7. The number of anilines is 1. The third-order valence-electron chi connectivity index (χ3n) is 3.97. The number of rotatable bonds is 3. The van der Waals surface area contributed by atoms with Crippen LogP contribution in [0.1, 0.15) is 25.3 Å². The second-order valence-corrected chi connectivity index (χ2v) is 5.83. The highest BCUT2D eigenvalue weighted by atomic mass is 19.4. The molecule has 0 spiro atoms. The summed E-state index contributed by atoms with van der Waals surface area (Å²) in [7, 11) is 0. The number of carbonyl (C=O) groups is 1. The number of aryl methyl sites for hydroxylation is 1. The molecule has 0 saturated carbocycles. The first-order valence-corrected chi connectivity index (χ1v) is 7.44. The van der Waals surface area contributed by atoms with E-state index in [4.69, 9.17) is 0 Å². The molecule has 0 radical (unpaired) electrons. The average molecular weight is 314 g/mol. The second kappa shape index (κ2) is 6.58. The standard InChI is InChI=1S/C16H21F3N2O/c1-12-3-5-14(6-4-12)20-9-10-21(13(2)11-20)15(22)7-8-16(17,18)19/h3-6,13H,7-11H2,1-2H3/t13-/m1/s1. The Morgan fingerprint density at radius 3 is 2.41 bits per heavy atom. The van der Waals surface area contributed by atoms with Gasteiger partial charge in [-0.05, 0) is 26.0 Å².